The van der Waals surface area contributed by atoms with Gasteiger partial charge in [0, 0.05) is 12.7 Å². The van der Waals surface area contributed by atoms with E-state index in [0.29, 0.717) is 11.7 Å². The summed E-state index contributed by atoms with van der Waals surface area (Å²) in [4.78, 5) is 18.8. The summed E-state index contributed by atoms with van der Waals surface area (Å²) in [5.74, 6) is 0. The van der Waals surface area contributed by atoms with Crippen molar-refractivity contribution in [2.24, 2.45) is 0 Å². The van der Waals surface area contributed by atoms with E-state index < -0.39 is 5.60 Å². The average molecular weight is 359 g/mol. The molecule has 0 bridgehead atoms. The molecule has 25 heavy (non-hydrogen) atoms. The zero-order valence-corrected chi connectivity index (χ0v) is 15.6. The first kappa shape index (κ1) is 17.7. The number of ether oxygens (including phenoxy) is 1. The normalized spacial score (nSPS) is 17.6. The molecule has 5 heteroatoms. The molecule has 1 aliphatic rings. The third kappa shape index (κ3) is 4.13. The fraction of sp³-hybridized carbons (Fsp3) is 0.400. The van der Waals surface area contributed by atoms with Crippen LogP contribution in [0.1, 0.15) is 49.9 Å². The van der Waals surface area contributed by atoms with Gasteiger partial charge in [0.15, 0.2) is 0 Å². The minimum absolute atomic E-state index is 0.228. The van der Waals surface area contributed by atoms with Crippen LogP contribution in [0.3, 0.4) is 0 Å². The van der Waals surface area contributed by atoms with Crippen LogP contribution in [-0.4, -0.2) is 28.1 Å². The van der Waals surface area contributed by atoms with Crippen molar-refractivity contribution in [2.45, 2.75) is 45.3 Å². The highest BCUT2D eigenvalue weighted by Crippen LogP contribution is 2.35. The van der Waals surface area contributed by atoms with E-state index in [1.54, 1.807) is 6.20 Å². The van der Waals surface area contributed by atoms with Crippen molar-refractivity contribution in [2.75, 3.05) is 6.54 Å². The molecule has 1 aromatic heterocycles. The predicted octanol–water partition coefficient (Wildman–Crippen LogP) is 5.01. The fourth-order valence-electron chi connectivity index (χ4n) is 3.23. The molecule has 0 N–H and O–H groups in total. The first-order valence-corrected chi connectivity index (χ1v) is 8.92. The summed E-state index contributed by atoms with van der Waals surface area (Å²) in [5, 5.41) is 0.420. The predicted molar refractivity (Wildman–Crippen MR) is 98.8 cm³/mol. The largest absolute Gasteiger partial charge is 0.444 e. The van der Waals surface area contributed by atoms with Crippen molar-refractivity contribution in [1.29, 1.82) is 0 Å². The van der Waals surface area contributed by atoms with Crippen LogP contribution in [0.15, 0.2) is 42.6 Å². The molecule has 1 aliphatic heterocycles. The highest BCUT2D eigenvalue weighted by atomic mass is 35.5. The lowest BCUT2D eigenvalue weighted by atomic mass is 9.94. The maximum absolute atomic E-state index is 12.9. The monoisotopic (exact) mass is 358 g/mol. The summed E-state index contributed by atoms with van der Waals surface area (Å²) in [6.07, 6.45) is 3.21. The lowest BCUT2D eigenvalue weighted by molar-refractivity contribution is 0.0195. The molecule has 0 saturated heterocycles. The lowest BCUT2D eigenvalue weighted by Gasteiger charge is -2.33. The average Bonchev–Trinajstić information content (AvgIpc) is 2.72. The molecule has 4 nitrogen and oxygen atoms in total. The Balaban J connectivity index is 2.08. The zero-order chi connectivity index (χ0) is 18.0. The quantitative estimate of drug-likeness (QED) is 0.673. The Labute approximate surface area is 153 Å². The minimum atomic E-state index is -0.538. The van der Waals surface area contributed by atoms with E-state index in [1.165, 1.54) is 5.56 Å². The van der Waals surface area contributed by atoms with Gasteiger partial charge in [-0.25, -0.2) is 9.78 Å². The number of aryl methyl sites for hydroxylation is 1. The standard InChI is InChI=1S/C20H23ClN2O2/c1-20(2,3)25-19(24)23-12-6-8-14-7-4-5-9-16(14)18(23)15-10-11-22-17(21)13-15/h4-5,7,9-11,13,18H,6,8,12H2,1-3H3. The van der Waals surface area contributed by atoms with E-state index in [-0.39, 0.29) is 12.1 Å². The van der Waals surface area contributed by atoms with E-state index in [1.807, 2.05) is 49.9 Å². The van der Waals surface area contributed by atoms with Crippen molar-refractivity contribution in [3.8, 4) is 0 Å². The molecule has 0 radical (unpaired) electrons. The molecule has 3 rings (SSSR count). The second-order valence-corrected chi connectivity index (χ2v) is 7.68. The first-order valence-electron chi connectivity index (χ1n) is 8.54. The molecule has 0 fully saturated rings. The Morgan fingerprint density at radius 2 is 2.04 bits per heavy atom. The number of hydrogen-bond donors (Lipinski definition) is 0. The van der Waals surface area contributed by atoms with Gasteiger partial charge in [-0.05, 0) is 62.4 Å². The molecule has 0 spiro atoms. The van der Waals surface area contributed by atoms with Crippen molar-refractivity contribution >= 4 is 17.7 Å². The molecular weight excluding hydrogens is 336 g/mol. The number of carbonyl (C=O) groups excluding carboxylic acids is 1. The van der Waals surface area contributed by atoms with Crippen LogP contribution in [0.25, 0.3) is 0 Å². The van der Waals surface area contributed by atoms with E-state index in [2.05, 4.69) is 17.1 Å². The van der Waals surface area contributed by atoms with Crippen LogP contribution in [0.5, 0.6) is 0 Å². The molecule has 0 aliphatic carbocycles. The number of benzene rings is 1. The molecule has 1 amide bonds. The summed E-state index contributed by atoms with van der Waals surface area (Å²) >= 11 is 6.12. The number of pyridine rings is 1. The molecule has 1 atom stereocenters. The van der Waals surface area contributed by atoms with Gasteiger partial charge in [0.2, 0.25) is 0 Å². The van der Waals surface area contributed by atoms with E-state index in [4.69, 9.17) is 16.3 Å². The zero-order valence-electron chi connectivity index (χ0n) is 14.8. The van der Waals surface area contributed by atoms with Crippen molar-refractivity contribution in [3.63, 3.8) is 0 Å². The smallest absolute Gasteiger partial charge is 0.411 e. The number of hydrogen-bond acceptors (Lipinski definition) is 3. The molecule has 1 aromatic carbocycles. The van der Waals surface area contributed by atoms with Crippen LogP contribution in [0.2, 0.25) is 5.15 Å². The second kappa shape index (κ2) is 7.04. The SMILES string of the molecule is CC(C)(C)OC(=O)N1CCCc2ccccc2C1c1ccnc(Cl)c1. The Morgan fingerprint density at radius 1 is 1.28 bits per heavy atom. The van der Waals surface area contributed by atoms with Gasteiger partial charge < -0.3 is 4.74 Å². The molecular formula is C20H23ClN2O2. The maximum Gasteiger partial charge on any atom is 0.411 e. The van der Waals surface area contributed by atoms with E-state index >= 15 is 0 Å². The summed E-state index contributed by atoms with van der Waals surface area (Å²) in [7, 11) is 0. The summed E-state index contributed by atoms with van der Waals surface area (Å²) in [6, 6.07) is 11.8. The number of aromatic nitrogens is 1. The Kier molecular flexibility index (Phi) is 5.00. The van der Waals surface area contributed by atoms with Gasteiger partial charge in [-0.15, -0.1) is 0 Å². The molecule has 132 valence electrons. The summed E-state index contributed by atoms with van der Waals surface area (Å²) < 4.78 is 5.67. The molecule has 1 unspecified atom stereocenters. The third-order valence-electron chi connectivity index (χ3n) is 4.20. The lowest BCUT2D eigenvalue weighted by Crippen LogP contribution is -2.39. The topological polar surface area (TPSA) is 42.4 Å². The van der Waals surface area contributed by atoms with E-state index in [9.17, 15) is 4.79 Å². The van der Waals surface area contributed by atoms with Crippen molar-refractivity contribution in [3.05, 3.63) is 64.4 Å². The number of nitrogens with zero attached hydrogens (tertiary/aromatic N) is 2. The number of halogens is 1. The van der Waals surface area contributed by atoms with Gasteiger partial charge in [0.05, 0.1) is 6.04 Å². The maximum atomic E-state index is 12.9. The number of rotatable bonds is 1. The van der Waals surface area contributed by atoms with Crippen LogP contribution >= 0.6 is 11.6 Å². The van der Waals surface area contributed by atoms with Crippen molar-refractivity contribution in [1.82, 2.24) is 9.88 Å². The Bertz CT molecular complexity index is 770. The van der Waals surface area contributed by atoms with Gasteiger partial charge in [0.1, 0.15) is 10.8 Å². The van der Waals surface area contributed by atoms with E-state index in [0.717, 1.165) is 24.0 Å². The first-order chi connectivity index (χ1) is 11.8. The highest BCUT2D eigenvalue weighted by molar-refractivity contribution is 6.29. The second-order valence-electron chi connectivity index (χ2n) is 7.29. The number of carbonyl (C=O) groups is 1. The van der Waals surface area contributed by atoms with Gasteiger partial charge in [0.25, 0.3) is 0 Å². The molecule has 0 saturated carbocycles. The van der Waals surface area contributed by atoms with Gasteiger partial charge in [-0.3, -0.25) is 4.90 Å². The van der Waals surface area contributed by atoms with Gasteiger partial charge >= 0.3 is 6.09 Å². The molecule has 2 heterocycles. The number of fused-ring (bicyclic) bond motifs is 1. The Hall–Kier alpha value is -2.07. The van der Waals surface area contributed by atoms with Gasteiger partial charge in [-0.2, -0.15) is 0 Å². The Morgan fingerprint density at radius 3 is 2.76 bits per heavy atom. The fourth-order valence-corrected chi connectivity index (χ4v) is 3.41. The third-order valence-corrected chi connectivity index (χ3v) is 4.41. The molecule has 2 aromatic rings. The van der Waals surface area contributed by atoms with Crippen LogP contribution in [0.4, 0.5) is 4.79 Å². The highest BCUT2D eigenvalue weighted by Gasteiger charge is 2.33. The summed E-state index contributed by atoms with van der Waals surface area (Å²) in [6.45, 7) is 6.28. The van der Waals surface area contributed by atoms with Crippen LogP contribution in [0, 0.1) is 0 Å². The van der Waals surface area contributed by atoms with Gasteiger partial charge in [-0.1, -0.05) is 35.9 Å². The summed E-state index contributed by atoms with van der Waals surface area (Å²) in [5.41, 5.74) is 2.78. The van der Waals surface area contributed by atoms with Crippen LogP contribution < -0.4 is 0 Å². The van der Waals surface area contributed by atoms with Crippen molar-refractivity contribution < 1.29 is 9.53 Å². The number of amides is 1. The van der Waals surface area contributed by atoms with Crippen LogP contribution in [-0.2, 0) is 11.2 Å². The minimum Gasteiger partial charge on any atom is -0.444 e.